The molecule has 0 bridgehead atoms. The molecule has 1 aliphatic heterocycles. The predicted molar refractivity (Wildman–Crippen MR) is 117 cm³/mol. The van der Waals surface area contributed by atoms with Gasteiger partial charge < -0.3 is 5.32 Å². The van der Waals surface area contributed by atoms with Crippen LogP contribution in [0.5, 0.6) is 0 Å². The summed E-state index contributed by atoms with van der Waals surface area (Å²) in [6.45, 7) is -0.0218. The molecule has 2 aromatic rings. The van der Waals surface area contributed by atoms with Crippen molar-refractivity contribution in [2.75, 3.05) is 19.6 Å². The standard InChI is InChI=1S/C21H21N3O6S2/c25-20-14-24(11-10-22-20)32(29,30)19-7-3-6-17(13-19)21(26)23-31(27,28)18-9-8-15-4-1-2-5-16(15)12-18/h1-7,12-13H,8-11,14H2,(H,22,25)(H,23,26). The van der Waals surface area contributed by atoms with Gasteiger partial charge in [-0.2, -0.15) is 4.31 Å². The number of hydrogen-bond donors (Lipinski definition) is 2. The Morgan fingerprint density at radius 2 is 1.78 bits per heavy atom. The lowest BCUT2D eigenvalue weighted by Gasteiger charge is -2.26. The number of rotatable bonds is 5. The monoisotopic (exact) mass is 475 g/mol. The maximum Gasteiger partial charge on any atom is 0.265 e. The highest BCUT2D eigenvalue weighted by atomic mass is 32.2. The fourth-order valence-corrected chi connectivity index (χ4v) is 6.22. The lowest BCUT2D eigenvalue weighted by Crippen LogP contribution is -2.49. The largest absolute Gasteiger partial charge is 0.354 e. The molecule has 1 aliphatic carbocycles. The highest BCUT2D eigenvalue weighted by Crippen LogP contribution is 2.26. The second-order valence-corrected chi connectivity index (χ2v) is 11.1. The Hall–Kier alpha value is -3.02. The second-order valence-electron chi connectivity index (χ2n) is 7.46. The summed E-state index contributed by atoms with van der Waals surface area (Å²) in [6.07, 6.45) is 2.33. The smallest absolute Gasteiger partial charge is 0.265 e. The highest BCUT2D eigenvalue weighted by molar-refractivity contribution is 7.94. The fraction of sp³-hybridized carbons (Fsp3) is 0.238. The zero-order valence-corrected chi connectivity index (χ0v) is 18.6. The molecule has 1 saturated heterocycles. The van der Waals surface area contributed by atoms with Crippen LogP contribution in [-0.2, 0) is 31.3 Å². The van der Waals surface area contributed by atoms with E-state index in [2.05, 4.69) is 5.32 Å². The van der Waals surface area contributed by atoms with E-state index in [4.69, 9.17) is 0 Å². The van der Waals surface area contributed by atoms with Gasteiger partial charge in [0.15, 0.2) is 0 Å². The molecule has 0 unspecified atom stereocenters. The summed E-state index contributed by atoms with van der Waals surface area (Å²) in [7, 11) is -8.12. The van der Waals surface area contributed by atoms with Gasteiger partial charge in [-0.25, -0.2) is 21.6 Å². The van der Waals surface area contributed by atoms with Crippen LogP contribution in [0.1, 0.15) is 27.9 Å². The molecule has 0 radical (unpaired) electrons. The summed E-state index contributed by atoms with van der Waals surface area (Å²) in [5.41, 5.74) is 1.69. The van der Waals surface area contributed by atoms with Crippen LogP contribution in [0.2, 0.25) is 0 Å². The molecule has 32 heavy (non-hydrogen) atoms. The Bertz CT molecular complexity index is 1330. The van der Waals surface area contributed by atoms with E-state index in [0.29, 0.717) is 6.42 Å². The number of carbonyl (C=O) groups is 2. The first kappa shape index (κ1) is 22.2. The molecule has 0 spiro atoms. The van der Waals surface area contributed by atoms with Crippen LogP contribution in [0.4, 0.5) is 0 Å². The Kier molecular flexibility index (Phi) is 5.89. The molecule has 2 amide bonds. The number of aryl methyl sites for hydroxylation is 1. The van der Waals surface area contributed by atoms with E-state index in [1.54, 1.807) is 12.1 Å². The number of nitrogens with zero attached hydrogens (tertiary/aromatic N) is 1. The van der Waals surface area contributed by atoms with Crippen molar-refractivity contribution in [1.82, 2.24) is 14.3 Å². The molecule has 0 atom stereocenters. The molecule has 2 N–H and O–H groups in total. The summed E-state index contributed by atoms with van der Waals surface area (Å²) < 4.78 is 54.3. The highest BCUT2D eigenvalue weighted by Gasteiger charge is 2.30. The number of nitrogens with one attached hydrogen (secondary N) is 2. The number of piperazine rings is 1. The molecule has 1 fully saturated rings. The Balaban J connectivity index is 1.56. The minimum atomic E-state index is -4.10. The third-order valence-corrected chi connectivity index (χ3v) is 8.63. The van der Waals surface area contributed by atoms with Crippen LogP contribution in [-0.4, -0.2) is 52.6 Å². The van der Waals surface area contributed by atoms with E-state index in [9.17, 15) is 26.4 Å². The molecule has 4 rings (SSSR count). The Morgan fingerprint density at radius 1 is 1.00 bits per heavy atom. The molecule has 2 aromatic carbocycles. The fourth-order valence-electron chi connectivity index (χ4n) is 3.63. The lowest BCUT2D eigenvalue weighted by molar-refractivity contribution is -0.122. The molecule has 2 aliphatic rings. The first-order valence-corrected chi connectivity index (χ1v) is 12.8. The number of carbonyl (C=O) groups excluding carboxylic acids is 2. The van der Waals surface area contributed by atoms with Crippen molar-refractivity contribution in [2.45, 2.75) is 17.7 Å². The number of fused-ring (bicyclic) bond motifs is 1. The van der Waals surface area contributed by atoms with Gasteiger partial charge in [-0.1, -0.05) is 30.3 Å². The minimum Gasteiger partial charge on any atom is -0.354 e. The van der Waals surface area contributed by atoms with Gasteiger partial charge >= 0.3 is 0 Å². The van der Waals surface area contributed by atoms with E-state index in [1.165, 1.54) is 24.3 Å². The van der Waals surface area contributed by atoms with E-state index >= 15 is 0 Å². The molecular formula is C21H21N3O6S2. The van der Waals surface area contributed by atoms with Crippen LogP contribution >= 0.6 is 0 Å². The number of allylic oxidation sites excluding steroid dienone is 1. The van der Waals surface area contributed by atoms with Gasteiger partial charge in [0.2, 0.25) is 15.9 Å². The van der Waals surface area contributed by atoms with Gasteiger partial charge in [0.25, 0.3) is 15.9 Å². The number of benzene rings is 2. The quantitative estimate of drug-likeness (QED) is 0.660. The van der Waals surface area contributed by atoms with E-state index in [0.717, 1.165) is 21.5 Å². The van der Waals surface area contributed by atoms with E-state index < -0.39 is 31.9 Å². The van der Waals surface area contributed by atoms with Gasteiger partial charge in [-0.15, -0.1) is 0 Å². The van der Waals surface area contributed by atoms with Gasteiger partial charge in [0.1, 0.15) is 0 Å². The molecule has 9 nitrogen and oxygen atoms in total. The lowest BCUT2D eigenvalue weighted by atomic mass is 9.98. The van der Waals surface area contributed by atoms with Crippen LogP contribution in [0.25, 0.3) is 6.08 Å². The summed E-state index contributed by atoms with van der Waals surface area (Å²) in [5.74, 6) is -1.35. The average Bonchev–Trinajstić information content (AvgIpc) is 2.78. The molecule has 0 aromatic heterocycles. The third-order valence-electron chi connectivity index (χ3n) is 5.32. The van der Waals surface area contributed by atoms with Crippen molar-refractivity contribution in [3.05, 3.63) is 70.1 Å². The van der Waals surface area contributed by atoms with Gasteiger partial charge in [0.05, 0.1) is 16.3 Å². The normalized spacial score (nSPS) is 17.1. The SMILES string of the molecule is O=C1CN(S(=O)(=O)c2cccc(C(=O)NS(=O)(=O)C3=Cc4ccccc4CC3)c2)CCN1. The zero-order valence-electron chi connectivity index (χ0n) is 16.9. The van der Waals surface area contributed by atoms with Crippen LogP contribution in [0.3, 0.4) is 0 Å². The van der Waals surface area contributed by atoms with Crippen molar-refractivity contribution in [2.24, 2.45) is 0 Å². The van der Waals surface area contributed by atoms with Gasteiger partial charge in [-0.05, 0) is 48.2 Å². The minimum absolute atomic E-state index is 0.0904. The maximum absolute atomic E-state index is 12.8. The molecule has 11 heteroatoms. The zero-order chi connectivity index (χ0) is 22.9. The molecule has 168 valence electrons. The van der Waals surface area contributed by atoms with Gasteiger partial charge in [0, 0.05) is 18.7 Å². The van der Waals surface area contributed by atoms with Crippen molar-refractivity contribution in [1.29, 1.82) is 0 Å². The maximum atomic E-state index is 12.8. The summed E-state index contributed by atoms with van der Waals surface area (Å²) in [6, 6.07) is 12.5. The first-order chi connectivity index (χ1) is 15.2. The molecule has 0 saturated carbocycles. The van der Waals surface area contributed by atoms with Crippen LogP contribution < -0.4 is 10.0 Å². The average molecular weight is 476 g/mol. The van der Waals surface area contributed by atoms with E-state index in [-0.39, 0.29) is 41.4 Å². The van der Waals surface area contributed by atoms with Crippen molar-refractivity contribution < 1.29 is 26.4 Å². The number of hydrogen-bond acceptors (Lipinski definition) is 6. The second kappa shape index (κ2) is 8.49. The first-order valence-electron chi connectivity index (χ1n) is 9.89. The third kappa shape index (κ3) is 4.45. The summed E-state index contributed by atoms with van der Waals surface area (Å²) in [5, 5.41) is 2.55. The number of sulfonamides is 2. The van der Waals surface area contributed by atoms with Crippen LogP contribution in [0.15, 0.2) is 58.3 Å². The summed E-state index contributed by atoms with van der Waals surface area (Å²) >= 11 is 0. The van der Waals surface area contributed by atoms with E-state index in [1.807, 2.05) is 16.9 Å². The summed E-state index contributed by atoms with van der Waals surface area (Å²) in [4.78, 5) is 24.1. The number of amides is 2. The van der Waals surface area contributed by atoms with Crippen molar-refractivity contribution in [3.8, 4) is 0 Å². The van der Waals surface area contributed by atoms with Crippen LogP contribution in [0, 0.1) is 0 Å². The molecular weight excluding hydrogens is 454 g/mol. The van der Waals surface area contributed by atoms with Gasteiger partial charge in [-0.3, -0.25) is 9.59 Å². The van der Waals surface area contributed by atoms with Crippen molar-refractivity contribution in [3.63, 3.8) is 0 Å². The topological polar surface area (TPSA) is 130 Å². The molecule has 1 heterocycles. The predicted octanol–water partition coefficient (Wildman–Crippen LogP) is 0.854. The Labute approximate surface area is 186 Å². The van der Waals surface area contributed by atoms with Crippen molar-refractivity contribution >= 4 is 37.9 Å². The Morgan fingerprint density at radius 3 is 2.56 bits per heavy atom.